The minimum Gasteiger partial charge on any atom is -0.493 e. The van der Waals surface area contributed by atoms with E-state index in [9.17, 15) is 19.2 Å². The third-order valence-electron chi connectivity index (χ3n) is 7.35. The van der Waals surface area contributed by atoms with Gasteiger partial charge in [0.2, 0.25) is 11.8 Å². The number of likely N-dealkylation sites (N-methyl/N-ethyl adjacent to an activating group) is 1. The van der Waals surface area contributed by atoms with Gasteiger partial charge in [-0.25, -0.2) is 0 Å². The first-order chi connectivity index (χ1) is 18.6. The van der Waals surface area contributed by atoms with Gasteiger partial charge in [-0.05, 0) is 49.9 Å². The zero-order chi connectivity index (χ0) is 28.3. The average Bonchev–Trinajstić information content (AvgIpc) is 3.56. The highest BCUT2D eigenvalue weighted by Gasteiger charge is 2.48. The van der Waals surface area contributed by atoms with Crippen LogP contribution in [0.4, 0.5) is 0 Å². The standard InChI is InChI=1S/C28H37N5O6/c1-17(2)39-23-7-6-18(10-24(23)38-5)27(36)32-13-20-14-33(28(37)19-8-9-31(4)12-19)16-22(21(20)15-32)26(35)30-11-25(34)29-3/h6-10,12,17,20-22H,11,13-16H2,1-5H3,(H,29,34)(H,30,35). The second-order valence-electron chi connectivity index (χ2n) is 10.4. The number of methoxy groups -OCH3 is 1. The van der Waals surface area contributed by atoms with Gasteiger partial charge in [-0.15, -0.1) is 0 Å². The van der Waals surface area contributed by atoms with E-state index in [1.165, 1.54) is 14.2 Å². The normalized spacial score (nSPS) is 20.4. The van der Waals surface area contributed by atoms with Gasteiger partial charge in [-0.2, -0.15) is 0 Å². The zero-order valence-electron chi connectivity index (χ0n) is 23.1. The summed E-state index contributed by atoms with van der Waals surface area (Å²) in [5.41, 5.74) is 1.00. The summed E-state index contributed by atoms with van der Waals surface area (Å²) in [5, 5.41) is 5.20. The van der Waals surface area contributed by atoms with Crippen molar-refractivity contribution in [2.45, 2.75) is 20.0 Å². The summed E-state index contributed by atoms with van der Waals surface area (Å²) in [7, 11) is 4.87. The molecule has 11 nitrogen and oxygen atoms in total. The van der Waals surface area contributed by atoms with Gasteiger partial charge in [0.05, 0.1) is 31.2 Å². The Balaban J connectivity index is 1.55. The molecule has 2 aliphatic heterocycles. The van der Waals surface area contributed by atoms with Crippen molar-refractivity contribution in [1.82, 2.24) is 25.0 Å². The Morgan fingerprint density at radius 1 is 0.974 bits per heavy atom. The molecule has 1 aromatic heterocycles. The molecule has 11 heteroatoms. The lowest BCUT2D eigenvalue weighted by Crippen LogP contribution is -2.53. The minimum atomic E-state index is -0.560. The Morgan fingerprint density at radius 3 is 2.28 bits per heavy atom. The van der Waals surface area contributed by atoms with E-state index < -0.39 is 5.92 Å². The number of nitrogens with one attached hydrogen (secondary N) is 2. The van der Waals surface area contributed by atoms with E-state index in [4.69, 9.17) is 9.47 Å². The van der Waals surface area contributed by atoms with Gasteiger partial charge >= 0.3 is 0 Å². The van der Waals surface area contributed by atoms with E-state index in [0.717, 1.165) is 0 Å². The fourth-order valence-electron chi connectivity index (χ4n) is 5.42. The van der Waals surface area contributed by atoms with E-state index >= 15 is 0 Å². The van der Waals surface area contributed by atoms with Crippen molar-refractivity contribution in [2.75, 3.05) is 46.9 Å². The number of hydrogen-bond acceptors (Lipinski definition) is 6. The number of aryl methyl sites for hydroxylation is 1. The number of benzene rings is 1. The van der Waals surface area contributed by atoms with E-state index in [1.54, 1.807) is 51.0 Å². The Bertz CT molecular complexity index is 1240. The van der Waals surface area contributed by atoms with E-state index in [1.807, 2.05) is 20.9 Å². The van der Waals surface area contributed by atoms with Crippen LogP contribution in [0.5, 0.6) is 11.5 Å². The number of carbonyl (C=O) groups is 4. The molecule has 0 saturated carbocycles. The summed E-state index contributed by atoms with van der Waals surface area (Å²) in [6.45, 7) is 5.12. The monoisotopic (exact) mass is 539 g/mol. The van der Waals surface area contributed by atoms with Gasteiger partial charge in [0.15, 0.2) is 11.5 Å². The number of ether oxygens (including phenoxy) is 2. The zero-order valence-corrected chi connectivity index (χ0v) is 23.1. The molecule has 2 saturated heterocycles. The number of piperidine rings is 1. The van der Waals surface area contributed by atoms with Crippen LogP contribution in [0.3, 0.4) is 0 Å². The summed E-state index contributed by atoms with van der Waals surface area (Å²) in [4.78, 5) is 55.3. The molecule has 2 N–H and O–H groups in total. The van der Waals surface area contributed by atoms with Gasteiger partial charge in [0.1, 0.15) is 0 Å². The molecule has 210 valence electrons. The lowest BCUT2D eigenvalue weighted by atomic mass is 9.79. The molecule has 1 aromatic carbocycles. The number of likely N-dealkylation sites (tertiary alicyclic amines) is 2. The fraction of sp³-hybridized carbons (Fsp3) is 0.500. The van der Waals surface area contributed by atoms with Gasteiger partial charge in [0.25, 0.3) is 11.8 Å². The first kappa shape index (κ1) is 28.0. The second-order valence-corrected chi connectivity index (χ2v) is 10.4. The highest BCUT2D eigenvalue weighted by Crippen LogP contribution is 2.37. The van der Waals surface area contributed by atoms with E-state index in [2.05, 4.69) is 10.6 Å². The smallest absolute Gasteiger partial charge is 0.255 e. The second kappa shape index (κ2) is 11.8. The maximum Gasteiger partial charge on any atom is 0.255 e. The molecule has 2 aromatic rings. The fourth-order valence-corrected chi connectivity index (χ4v) is 5.42. The number of rotatable bonds is 8. The number of amides is 4. The number of hydrogen-bond donors (Lipinski definition) is 2. The highest BCUT2D eigenvalue weighted by molar-refractivity contribution is 5.96. The third kappa shape index (κ3) is 6.18. The van der Waals surface area contributed by atoms with Gasteiger partial charge < -0.3 is 34.5 Å². The molecule has 4 rings (SSSR count). The maximum absolute atomic E-state index is 13.6. The molecule has 0 bridgehead atoms. The molecular formula is C28H37N5O6. The van der Waals surface area contributed by atoms with Crippen LogP contribution in [0.2, 0.25) is 0 Å². The SMILES string of the molecule is CNC(=O)CNC(=O)C1CN(C(=O)c2ccn(C)c2)CC2CN(C(=O)c3ccc(OC(C)C)c(OC)c3)CC21. The highest BCUT2D eigenvalue weighted by atomic mass is 16.5. The van der Waals surface area contributed by atoms with Crippen molar-refractivity contribution in [3.63, 3.8) is 0 Å². The summed E-state index contributed by atoms with van der Waals surface area (Å²) in [6.07, 6.45) is 3.50. The summed E-state index contributed by atoms with van der Waals surface area (Å²) >= 11 is 0. The van der Waals surface area contributed by atoms with Crippen LogP contribution in [0.15, 0.2) is 36.7 Å². The Morgan fingerprint density at radius 2 is 1.67 bits per heavy atom. The van der Waals surface area contributed by atoms with Crippen molar-refractivity contribution < 1.29 is 28.7 Å². The van der Waals surface area contributed by atoms with Crippen LogP contribution in [-0.2, 0) is 16.6 Å². The number of carbonyl (C=O) groups excluding carboxylic acids is 4. The summed E-state index contributed by atoms with van der Waals surface area (Å²) in [6, 6.07) is 6.86. The average molecular weight is 540 g/mol. The molecule has 4 amide bonds. The predicted octanol–water partition coefficient (Wildman–Crippen LogP) is 1.14. The van der Waals surface area contributed by atoms with E-state index in [-0.39, 0.29) is 54.7 Å². The molecule has 3 unspecified atom stereocenters. The van der Waals surface area contributed by atoms with Crippen molar-refractivity contribution in [2.24, 2.45) is 24.8 Å². The Kier molecular flexibility index (Phi) is 8.47. The molecule has 39 heavy (non-hydrogen) atoms. The first-order valence-electron chi connectivity index (χ1n) is 13.1. The number of nitrogens with zero attached hydrogens (tertiary/aromatic N) is 3. The molecule has 2 fully saturated rings. The summed E-state index contributed by atoms with van der Waals surface area (Å²) < 4.78 is 13.0. The van der Waals surface area contributed by atoms with Crippen LogP contribution in [-0.4, -0.2) is 91.0 Å². The number of fused-ring (bicyclic) bond motifs is 1. The van der Waals surface area contributed by atoms with Crippen molar-refractivity contribution >= 4 is 23.6 Å². The number of aromatic nitrogens is 1. The predicted molar refractivity (Wildman–Crippen MR) is 144 cm³/mol. The van der Waals surface area contributed by atoms with Crippen molar-refractivity contribution in [1.29, 1.82) is 0 Å². The van der Waals surface area contributed by atoms with E-state index in [0.29, 0.717) is 42.3 Å². The molecule has 3 atom stereocenters. The van der Waals surface area contributed by atoms with Crippen molar-refractivity contribution in [3.8, 4) is 11.5 Å². The minimum absolute atomic E-state index is 0.0461. The van der Waals surface area contributed by atoms with Crippen LogP contribution < -0.4 is 20.1 Å². The van der Waals surface area contributed by atoms with Crippen LogP contribution in [0, 0.1) is 17.8 Å². The largest absolute Gasteiger partial charge is 0.493 e. The lowest BCUT2D eigenvalue weighted by Gasteiger charge is -2.39. The molecule has 0 spiro atoms. The topological polar surface area (TPSA) is 122 Å². The Hall–Kier alpha value is -4.02. The maximum atomic E-state index is 13.6. The van der Waals surface area contributed by atoms with Crippen LogP contribution >= 0.6 is 0 Å². The lowest BCUT2D eigenvalue weighted by molar-refractivity contribution is -0.131. The molecule has 0 radical (unpaired) electrons. The van der Waals surface area contributed by atoms with Crippen LogP contribution in [0.25, 0.3) is 0 Å². The molecular weight excluding hydrogens is 502 g/mol. The third-order valence-corrected chi connectivity index (χ3v) is 7.35. The first-order valence-corrected chi connectivity index (χ1v) is 13.1. The van der Waals surface area contributed by atoms with Crippen molar-refractivity contribution in [3.05, 3.63) is 47.8 Å². The Labute approximate surface area is 228 Å². The molecule has 3 heterocycles. The van der Waals surface area contributed by atoms with Gasteiger partial charge in [0, 0.05) is 58.2 Å². The molecule has 0 aliphatic carbocycles. The van der Waals surface area contributed by atoms with Crippen LogP contribution in [0.1, 0.15) is 34.6 Å². The summed E-state index contributed by atoms with van der Waals surface area (Å²) in [5.74, 6) is -0.715. The molecule has 2 aliphatic rings. The quantitative estimate of drug-likeness (QED) is 0.519. The van der Waals surface area contributed by atoms with Gasteiger partial charge in [-0.1, -0.05) is 0 Å². The van der Waals surface area contributed by atoms with Gasteiger partial charge in [-0.3, -0.25) is 19.2 Å².